The molecule has 70 valence electrons. The molecule has 0 aliphatic carbocycles. The van der Waals surface area contributed by atoms with Gasteiger partial charge < -0.3 is 15.5 Å². The molecule has 7 heteroatoms. The van der Waals surface area contributed by atoms with Crippen molar-refractivity contribution < 1.29 is 19.8 Å². The maximum atomic E-state index is 10.6. The molecule has 0 fully saturated rings. The summed E-state index contributed by atoms with van der Waals surface area (Å²) >= 11 is 0. The lowest BCUT2D eigenvalue weighted by Crippen LogP contribution is -2.50. The van der Waals surface area contributed by atoms with Gasteiger partial charge in [-0.25, -0.2) is 5.84 Å². The van der Waals surface area contributed by atoms with E-state index >= 15 is 0 Å². The van der Waals surface area contributed by atoms with Gasteiger partial charge >= 0.3 is 0 Å². The standard InChI is InChI=1S/C5H11N3O4/c1-7-4(11)2(9)3(10)5(12)8-6/h2-3,9-10H,6H2,1H3,(H,7,11)(H,8,12). The number of carbonyl (C=O) groups excluding carboxylic acids is 2. The van der Waals surface area contributed by atoms with E-state index in [9.17, 15) is 9.59 Å². The molecular formula is C5H11N3O4. The molecule has 0 radical (unpaired) electrons. The highest BCUT2D eigenvalue weighted by atomic mass is 16.3. The molecular weight excluding hydrogens is 166 g/mol. The van der Waals surface area contributed by atoms with Crippen LogP contribution < -0.4 is 16.6 Å². The molecule has 0 spiro atoms. The van der Waals surface area contributed by atoms with Crippen LogP contribution >= 0.6 is 0 Å². The van der Waals surface area contributed by atoms with Crippen LogP contribution in [0.4, 0.5) is 0 Å². The second kappa shape index (κ2) is 4.65. The number of aliphatic hydroxyl groups excluding tert-OH is 2. The van der Waals surface area contributed by atoms with Gasteiger partial charge in [-0.3, -0.25) is 15.0 Å². The highest BCUT2D eigenvalue weighted by molar-refractivity contribution is 5.90. The summed E-state index contributed by atoms with van der Waals surface area (Å²) < 4.78 is 0. The van der Waals surface area contributed by atoms with E-state index in [-0.39, 0.29) is 0 Å². The predicted molar refractivity (Wildman–Crippen MR) is 38.4 cm³/mol. The van der Waals surface area contributed by atoms with Gasteiger partial charge in [-0.15, -0.1) is 0 Å². The van der Waals surface area contributed by atoms with Gasteiger partial charge in [0.05, 0.1) is 0 Å². The highest BCUT2D eigenvalue weighted by Gasteiger charge is 2.28. The number of hydrazine groups is 1. The lowest BCUT2D eigenvalue weighted by atomic mass is 10.2. The van der Waals surface area contributed by atoms with Crippen LogP contribution in [0.25, 0.3) is 0 Å². The zero-order chi connectivity index (χ0) is 9.72. The van der Waals surface area contributed by atoms with Crippen LogP contribution in [0.3, 0.4) is 0 Å². The second-order valence-electron chi connectivity index (χ2n) is 2.01. The van der Waals surface area contributed by atoms with Gasteiger partial charge in [0, 0.05) is 7.05 Å². The first kappa shape index (κ1) is 10.8. The molecule has 0 aromatic heterocycles. The Kier molecular flexibility index (Phi) is 4.19. The summed E-state index contributed by atoms with van der Waals surface area (Å²) in [5.74, 6) is 2.77. The van der Waals surface area contributed by atoms with E-state index in [2.05, 4.69) is 11.2 Å². The summed E-state index contributed by atoms with van der Waals surface area (Å²) in [7, 11) is 1.26. The number of nitrogens with one attached hydrogen (secondary N) is 2. The molecule has 0 heterocycles. The average molecular weight is 177 g/mol. The first-order chi connectivity index (χ1) is 5.54. The summed E-state index contributed by atoms with van der Waals surface area (Å²) in [6.07, 6.45) is -3.66. The van der Waals surface area contributed by atoms with Crippen molar-refractivity contribution in [2.24, 2.45) is 5.84 Å². The van der Waals surface area contributed by atoms with Crippen molar-refractivity contribution in [2.75, 3.05) is 7.05 Å². The number of likely N-dealkylation sites (N-methyl/N-ethyl adjacent to an activating group) is 1. The number of rotatable bonds is 3. The third-order valence-corrected chi connectivity index (χ3v) is 1.22. The zero-order valence-electron chi connectivity index (χ0n) is 6.44. The molecule has 0 saturated carbocycles. The molecule has 0 bridgehead atoms. The molecule has 0 aliphatic heterocycles. The Bertz CT molecular complexity index is 164. The van der Waals surface area contributed by atoms with Crippen molar-refractivity contribution in [1.82, 2.24) is 10.7 Å². The van der Waals surface area contributed by atoms with Crippen molar-refractivity contribution >= 4 is 11.8 Å². The summed E-state index contributed by atoms with van der Waals surface area (Å²) in [5, 5.41) is 19.8. The normalized spacial score (nSPS) is 14.7. The molecule has 0 aromatic rings. The third-order valence-electron chi connectivity index (χ3n) is 1.22. The van der Waals surface area contributed by atoms with Crippen LogP contribution in [-0.2, 0) is 9.59 Å². The molecule has 7 nitrogen and oxygen atoms in total. The first-order valence-corrected chi connectivity index (χ1v) is 3.12. The lowest BCUT2D eigenvalue weighted by Gasteiger charge is -2.13. The minimum Gasteiger partial charge on any atom is -0.380 e. The monoisotopic (exact) mass is 177 g/mol. The molecule has 2 atom stereocenters. The highest BCUT2D eigenvalue weighted by Crippen LogP contribution is 1.92. The Balaban J connectivity index is 4.18. The Morgan fingerprint density at radius 1 is 1.25 bits per heavy atom. The molecule has 2 unspecified atom stereocenters. The van der Waals surface area contributed by atoms with Crippen LogP contribution in [-0.4, -0.2) is 41.3 Å². The predicted octanol–water partition coefficient (Wildman–Crippen LogP) is -3.56. The maximum Gasteiger partial charge on any atom is 0.265 e. The lowest BCUT2D eigenvalue weighted by molar-refractivity contribution is -0.145. The van der Waals surface area contributed by atoms with Crippen molar-refractivity contribution in [3.8, 4) is 0 Å². The van der Waals surface area contributed by atoms with Crippen molar-refractivity contribution in [1.29, 1.82) is 0 Å². The van der Waals surface area contributed by atoms with Crippen molar-refractivity contribution in [3.63, 3.8) is 0 Å². The van der Waals surface area contributed by atoms with Gasteiger partial charge in [0.2, 0.25) is 0 Å². The summed E-state index contributed by atoms with van der Waals surface area (Å²) in [6, 6.07) is 0. The van der Waals surface area contributed by atoms with E-state index in [1.807, 2.05) is 0 Å². The largest absolute Gasteiger partial charge is 0.380 e. The number of nitrogens with two attached hydrogens (primary N) is 1. The fourth-order valence-electron chi connectivity index (χ4n) is 0.520. The van der Waals surface area contributed by atoms with Crippen LogP contribution in [0.5, 0.6) is 0 Å². The minimum atomic E-state index is -1.85. The van der Waals surface area contributed by atoms with E-state index in [1.165, 1.54) is 7.05 Å². The van der Waals surface area contributed by atoms with Gasteiger partial charge in [0.25, 0.3) is 11.8 Å². The molecule has 0 saturated heterocycles. The van der Waals surface area contributed by atoms with Gasteiger partial charge in [-0.1, -0.05) is 0 Å². The topological polar surface area (TPSA) is 125 Å². The summed E-state index contributed by atoms with van der Waals surface area (Å²) in [6.45, 7) is 0. The van der Waals surface area contributed by atoms with Crippen molar-refractivity contribution in [2.45, 2.75) is 12.2 Å². The Morgan fingerprint density at radius 3 is 2.00 bits per heavy atom. The van der Waals surface area contributed by atoms with Gasteiger partial charge in [-0.05, 0) is 0 Å². The third kappa shape index (κ3) is 2.46. The SMILES string of the molecule is CNC(=O)C(O)C(O)C(=O)NN. The second-order valence-corrected chi connectivity index (χ2v) is 2.01. The first-order valence-electron chi connectivity index (χ1n) is 3.12. The Hall–Kier alpha value is -1.18. The van der Waals surface area contributed by atoms with Crippen LogP contribution in [0.2, 0.25) is 0 Å². The summed E-state index contributed by atoms with van der Waals surface area (Å²) in [4.78, 5) is 21.2. The van der Waals surface area contributed by atoms with Crippen LogP contribution in [0.1, 0.15) is 0 Å². The van der Waals surface area contributed by atoms with Crippen molar-refractivity contribution in [3.05, 3.63) is 0 Å². The number of hydrogen-bond donors (Lipinski definition) is 5. The number of carbonyl (C=O) groups is 2. The maximum absolute atomic E-state index is 10.6. The minimum absolute atomic E-state index is 0.855. The molecule has 6 N–H and O–H groups in total. The van der Waals surface area contributed by atoms with Gasteiger partial charge in [-0.2, -0.15) is 0 Å². The van der Waals surface area contributed by atoms with Gasteiger partial charge in [0.1, 0.15) is 0 Å². The molecule has 0 aromatic carbocycles. The van der Waals surface area contributed by atoms with E-state index < -0.39 is 24.0 Å². The van der Waals surface area contributed by atoms with E-state index in [0.29, 0.717) is 0 Å². The quantitative estimate of drug-likeness (QED) is 0.173. The molecule has 0 rings (SSSR count). The number of hydrogen-bond acceptors (Lipinski definition) is 5. The van der Waals surface area contributed by atoms with Crippen LogP contribution in [0.15, 0.2) is 0 Å². The number of aliphatic hydroxyl groups is 2. The fourth-order valence-corrected chi connectivity index (χ4v) is 0.520. The van der Waals surface area contributed by atoms with Gasteiger partial charge in [0.15, 0.2) is 12.2 Å². The van der Waals surface area contributed by atoms with E-state index in [4.69, 9.17) is 10.2 Å². The molecule has 2 amide bonds. The number of amides is 2. The Morgan fingerprint density at radius 2 is 1.67 bits per heavy atom. The molecule has 0 aliphatic rings. The average Bonchev–Trinajstić information content (AvgIpc) is 2.12. The fraction of sp³-hybridized carbons (Fsp3) is 0.600. The van der Waals surface area contributed by atoms with E-state index in [0.717, 1.165) is 0 Å². The van der Waals surface area contributed by atoms with E-state index in [1.54, 1.807) is 5.43 Å². The Labute approximate surface area is 68.5 Å². The van der Waals surface area contributed by atoms with Crippen LogP contribution in [0, 0.1) is 0 Å². The summed E-state index contributed by atoms with van der Waals surface area (Å²) in [5.41, 5.74) is 1.60. The smallest absolute Gasteiger partial charge is 0.265 e. The molecule has 12 heavy (non-hydrogen) atoms. The zero-order valence-corrected chi connectivity index (χ0v) is 6.44.